The molecular formula is C40H51CoN3O5. The molecule has 8 nitrogen and oxygen atoms in total. The second-order valence-corrected chi connectivity index (χ2v) is 13.8. The van der Waals surface area contributed by atoms with E-state index >= 15 is 0 Å². The zero-order valence-electron chi connectivity index (χ0n) is 29.4. The van der Waals surface area contributed by atoms with E-state index in [9.17, 15) is 20.3 Å². The number of nitrogens with zero attached hydrogens (tertiary/aromatic N) is 2. The molecule has 49 heavy (non-hydrogen) atoms. The summed E-state index contributed by atoms with van der Waals surface area (Å²) in [5, 5.41) is 32.3. The number of hydrogen-bond donors (Lipinski definition) is 4. The molecule has 0 saturated carbocycles. The van der Waals surface area contributed by atoms with Crippen LogP contribution in [0.5, 0.6) is 11.5 Å². The molecule has 1 aliphatic rings. The van der Waals surface area contributed by atoms with Crippen LogP contribution in [0, 0.1) is 10.8 Å². The summed E-state index contributed by atoms with van der Waals surface area (Å²) in [7, 11) is 0. The van der Waals surface area contributed by atoms with Crippen LogP contribution in [-0.2, 0) is 26.5 Å². The summed E-state index contributed by atoms with van der Waals surface area (Å²) in [5.74, 6) is 0.335. The zero-order valence-corrected chi connectivity index (χ0v) is 30.5. The van der Waals surface area contributed by atoms with Crippen LogP contribution in [0.2, 0.25) is 0 Å². The molecule has 1 radical (unpaired) electrons. The van der Waals surface area contributed by atoms with Crippen molar-refractivity contribution in [1.82, 2.24) is 5.32 Å². The molecule has 0 spiro atoms. The zero-order chi connectivity index (χ0) is 35.2. The first kappa shape index (κ1) is 41.3. The number of allylic oxidation sites excluding steroid dienone is 2. The fourth-order valence-electron chi connectivity index (χ4n) is 5.10. The summed E-state index contributed by atoms with van der Waals surface area (Å²) in [6.45, 7) is 14.9. The minimum Gasteiger partial charge on any atom is -0.507 e. The van der Waals surface area contributed by atoms with Gasteiger partial charge in [0.2, 0.25) is 0 Å². The van der Waals surface area contributed by atoms with E-state index in [-0.39, 0.29) is 39.5 Å². The maximum Gasteiger partial charge on any atom is 0.199 e. The van der Waals surface area contributed by atoms with Gasteiger partial charge in [-0.3, -0.25) is 20.0 Å². The molecule has 0 amide bonds. The van der Waals surface area contributed by atoms with Crippen LogP contribution in [0.25, 0.3) is 5.57 Å². The molecule has 0 bridgehead atoms. The van der Waals surface area contributed by atoms with Crippen molar-refractivity contribution in [1.29, 1.82) is 0 Å². The molecule has 3 aromatic carbocycles. The van der Waals surface area contributed by atoms with Crippen LogP contribution < -0.4 is 5.32 Å². The Morgan fingerprint density at radius 3 is 1.65 bits per heavy atom. The van der Waals surface area contributed by atoms with E-state index < -0.39 is 11.0 Å². The molecule has 9 heteroatoms. The van der Waals surface area contributed by atoms with Gasteiger partial charge in [0.1, 0.15) is 11.5 Å². The summed E-state index contributed by atoms with van der Waals surface area (Å²) in [6, 6.07) is 24.2. The van der Waals surface area contributed by atoms with Crippen LogP contribution in [0.3, 0.4) is 0 Å². The third-order valence-electron chi connectivity index (χ3n) is 8.03. The van der Waals surface area contributed by atoms with Gasteiger partial charge in [-0.25, -0.2) is 4.89 Å². The van der Waals surface area contributed by atoms with E-state index in [0.717, 1.165) is 61.3 Å². The molecule has 265 valence electrons. The third-order valence-corrected chi connectivity index (χ3v) is 8.03. The van der Waals surface area contributed by atoms with Gasteiger partial charge in [-0.1, -0.05) is 96.1 Å². The second-order valence-electron chi connectivity index (χ2n) is 13.8. The predicted octanol–water partition coefficient (Wildman–Crippen LogP) is 7.90. The first-order chi connectivity index (χ1) is 22.8. The fourth-order valence-corrected chi connectivity index (χ4v) is 5.10. The minimum atomic E-state index is -1.39. The number of carbonyl (C=O) groups is 1. The van der Waals surface area contributed by atoms with Crippen LogP contribution in [-0.4, -0.2) is 65.5 Å². The number of para-hydroxylation sites is 2. The molecule has 1 unspecified atom stereocenters. The molecular weight excluding hydrogens is 661 g/mol. The van der Waals surface area contributed by atoms with Crippen molar-refractivity contribution in [2.45, 2.75) is 60.0 Å². The van der Waals surface area contributed by atoms with Gasteiger partial charge in [-0.15, -0.1) is 0 Å². The van der Waals surface area contributed by atoms with Crippen molar-refractivity contribution in [3.05, 3.63) is 113 Å². The first-order valence-corrected chi connectivity index (χ1v) is 16.4. The number of aromatic hydroxyl groups is 2. The molecule has 0 aliphatic heterocycles. The maximum atomic E-state index is 13.2. The van der Waals surface area contributed by atoms with Crippen LogP contribution in [0.4, 0.5) is 0 Å². The number of carbonyl (C=O) groups excluding carboxylic acids is 1. The predicted molar refractivity (Wildman–Crippen MR) is 196 cm³/mol. The van der Waals surface area contributed by atoms with E-state index in [2.05, 4.69) is 15.3 Å². The Bertz CT molecular complexity index is 1540. The van der Waals surface area contributed by atoms with E-state index in [1.165, 1.54) is 0 Å². The van der Waals surface area contributed by atoms with Gasteiger partial charge in [0.25, 0.3) is 0 Å². The number of benzene rings is 3. The van der Waals surface area contributed by atoms with Crippen LogP contribution in [0.15, 0.2) is 107 Å². The number of aliphatic imine (C=N–C) groups is 2. The van der Waals surface area contributed by atoms with Gasteiger partial charge in [0.05, 0.1) is 0 Å². The Balaban J connectivity index is 0.000000334. The number of phenols is 2. The van der Waals surface area contributed by atoms with Crippen molar-refractivity contribution in [2.75, 3.05) is 26.2 Å². The molecule has 1 aliphatic carbocycles. The second kappa shape index (κ2) is 19.4. The van der Waals surface area contributed by atoms with Crippen molar-refractivity contribution < 1.29 is 41.9 Å². The average molecular weight is 713 g/mol. The van der Waals surface area contributed by atoms with Gasteiger partial charge in [0, 0.05) is 64.4 Å². The van der Waals surface area contributed by atoms with Crippen LogP contribution >= 0.6 is 0 Å². The quantitative estimate of drug-likeness (QED) is 0.0656. The molecule has 3 aromatic rings. The normalized spacial score (nSPS) is 16.5. The number of phenolic OH excluding ortho intramolecular Hbond substituents is 2. The summed E-state index contributed by atoms with van der Waals surface area (Å²) in [4.78, 5) is 26.7. The Kier molecular flexibility index (Phi) is 16.3. The first-order valence-electron chi connectivity index (χ1n) is 16.4. The molecule has 4 rings (SSSR count). The maximum absolute atomic E-state index is 13.2. The van der Waals surface area contributed by atoms with Crippen molar-refractivity contribution in [2.24, 2.45) is 20.8 Å². The Labute approximate surface area is 301 Å². The van der Waals surface area contributed by atoms with Gasteiger partial charge in [-0.05, 0) is 78.9 Å². The summed E-state index contributed by atoms with van der Waals surface area (Å²) < 4.78 is 0. The summed E-state index contributed by atoms with van der Waals surface area (Å²) in [5.41, 5.74) is 1.70. The Morgan fingerprint density at radius 1 is 0.755 bits per heavy atom. The van der Waals surface area contributed by atoms with Gasteiger partial charge in [0.15, 0.2) is 11.4 Å². The smallest absolute Gasteiger partial charge is 0.199 e. The van der Waals surface area contributed by atoms with E-state index in [0.29, 0.717) is 5.57 Å². The van der Waals surface area contributed by atoms with E-state index in [1.54, 1.807) is 42.8 Å². The van der Waals surface area contributed by atoms with Crippen molar-refractivity contribution >= 4 is 23.8 Å². The van der Waals surface area contributed by atoms with Crippen LogP contribution in [0.1, 0.15) is 71.1 Å². The van der Waals surface area contributed by atoms with E-state index in [1.807, 2.05) is 102 Å². The SMILES string of the molecule is CC(C)(C)C1=CC(c2ccccc2)=CC(OO)(C(C)(C)C)C1=O.Oc1ccccc1C=NCCCNCCCN=Cc1ccccc1O.[Co]. The number of nitrogens with one attached hydrogen (secondary N) is 1. The molecule has 0 saturated heterocycles. The average Bonchev–Trinajstić information content (AvgIpc) is 3.05. The number of hydrogen-bond acceptors (Lipinski definition) is 8. The van der Waals surface area contributed by atoms with Gasteiger partial charge < -0.3 is 15.5 Å². The Morgan fingerprint density at radius 2 is 1.22 bits per heavy atom. The monoisotopic (exact) mass is 712 g/mol. The number of rotatable bonds is 12. The van der Waals surface area contributed by atoms with Gasteiger partial charge >= 0.3 is 0 Å². The molecule has 0 fully saturated rings. The molecule has 1 atom stereocenters. The summed E-state index contributed by atoms with van der Waals surface area (Å²) in [6.07, 6.45) is 8.99. The third kappa shape index (κ3) is 11.9. The summed E-state index contributed by atoms with van der Waals surface area (Å²) >= 11 is 0. The number of ketones is 1. The standard InChI is InChI=1S/C20H25N3O2.C20H26O3.Co/c24-19-9-3-1-7-17(19)15-22-13-5-11-21-12-6-14-23-16-18-8-2-4-10-20(18)25;1-18(2,3)16-12-15(14-10-8-7-9-11-14)13-20(23-22,17(16)21)19(4,5)6;/h1-4,7-10,15-16,21,24-25H,5-6,11-14H2;7-13,22H,1-6H3;. The minimum absolute atomic E-state index is 0. The van der Waals surface area contributed by atoms with Crippen molar-refractivity contribution in [3.63, 3.8) is 0 Å². The topological polar surface area (TPSA) is 124 Å². The molecule has 0 heterocycles. The van der Waals surface area contributed by atoms with Gasteiger partial charge in [-0.2, -0.15) is 0 Å². The van der Waals surface area contributed by atoms with E-state index in [4.69, 9.17) is 4.89 Å². The van der Waals surface area contributed by atoms with Crippen molar-refractivity contribution in [3.8, 4) is 11.5 Å². The molecule has 4 N–H and O–H groups in total. The Hall–Kier alpha value is -3.86. The largest absolute Gasteiger partial charge is 0.507 e. The molecule has 0 aromatic heterocycles. The number of Topliss-reactive ketones (excluding diaryl/α,β-unsaturated/α-hetero) is 1. The fraction of sp³-hybridized carbons (Fsp3) is 0.375.